The van der Waals surface area contributed by atoms with Gasteiger partial charge in [-0.2, -0.15) is 8.99 Å². The van der Waals surface area contributed by atoms with E-state index in [1.807, 2.05) is 49.4 Å². The molecule has 0 radical (unpaired) electrons. The van der Waals surface area contributed by atoms with E-state index in [0.717, 1.165) is 30.5 Å². The first-order valence-electron chi connectivity index (χ1n) is 9.73. The molecule has 0 spiro atoms. The maximum absolute atomic E-state index is 13.1. The van der Waals surface area contributed by atoms with Crippen molar-refractivity contribution < 1.29 is 8.42 Å². The molecule has 2 aromatic carbocycles. The molecule has 0 atom stereocenters. The number of hydrogen-bond donors (Lipinski definition) is 1. The summed E-state index contributed by atoms with van der Waals surface area (Å²) in [7, 11) is -3.49. The lowest BCUT2D eigenvalue weighted by Crippen LogP contribution is -2.36. The fraction of sp³-hybridized carbons (Fsp3) is 0.350. The highest BCUT2D eigenvalue weighted by molar-refractivity contribution is 7.89. The van der Waals surface area contributed by atoms with Crippen molar-refractivity contribution in [2.45, 2.75) is 37.6 Å². The van der Waals surface area contributed by atoms with Gasteiger partial charge in [0, 0.05) is 18.8 Å². The van der Waals surface area contributed by atoms with Crippen molar-refractivity contribution in [2.24, 2.45) is 0 Å². The summed E-state index contributed by atoms with van der Waals surface area (Å²) in [5.74, 6) is 0.636. The van der Waals surface area contributed by atoms with Gasteiger partial charge in [0.1, 0.15) is 0 Å². The van der Waals surface area contributed by atoms with Crippen LogP contribution in [0.3, 0.4) is 0 Å². The Bertz CT molecular complexity index is 1080. The second-order valence-corrected chi connectivity index (χ2v) is 9.05. The molecule has 0 bridgehead atoms. The third kappa shape index (κ3) is 4.15. The van der Waals surface area contributed by atoms with Gasteiger partial charge in [0.2, 0.25) is 10.0 Å². The van der Waals surface area contributed by atoms with Crippen molar-refractivity contribution >= 4 is 15.7 Å². The number of nitrogens with one attached hydrogen (secondary N) is 1. The summed E-state index contributed by atoms with van der Waals surface area (Å²) in [6.07, 6.45) is 2.92. The summed E-state index contributed by atoms with van der Waals surface area (Å²) < 4.78 is 29.4. The molecule has 4 rings (SSSR count). The van der Waals surface area contributed by atoms with E-state index in [1.54, 1.807) is 15.1 Å². The number of piperidine rings is 1. The van der Waals surface area contributed by atoms with Gasteiger partial charge in [0.15, 0.2) is 5.82 Å². The smallest absolute Gasteiger partial charge is 0.243 e. The van der Waals surface area contributed by atoms with E-state index in [0.29, 0.717) is 36.0 Å². The predicted molar refractivity (Wildman–Crippen MR) is 110 cm³/mol. The predicted octanol–water partition coefficient (Wildman–Crippen LogP) is 2.76. The van der Waals surface area contributed by atoms with Crippen LogP contribution in [-0.2, 0) is 16.6 Å². The summed E-state index contributed by atoms with van der Waals surface area (Å²) in [4.78, 5) is 0.354. The van der Waals surface area contributed by atoms with Gasteiger partial charge in [0.25, 0.3) is 0 Å². The molecule has 8 nitrogen and oxygen atoms in total. The maximum Gasteiger partial charge on any atom is 0.243 e. The second kappa shape index (κ2) is 8.30. The SMILES string of the molecule is Cc1ccc(NCc2nnnn2-c2ccccc2)cc1S(=O)(=O)N1CCCCC1. The molecule has 1 aliphatic heterocycles. The van der Waals surface area contributed by atoms with E-state index in [-0.39, 0.29) is 0 Å². The van der Waals surface area contributed by atoms with Crippen LogP contribution in [-0.4, -0.2) is 46.0 Å². The normalized spacial score (nSPS) is 15.3. The quantitative estimate of drug-likeness (QED) is 0.669. The summed E-state index contributed by atoms with van der Waals surface area (Å²) in [6, 6.07) is 15.0. The highest BCUT2D eigenvalue weighted by Gasteiger charge is 2.27. The first-order chi connectivity index (χ1) is 14.1. The lowest BCUT2D eigenvalue weighted by Gasteiger charge is -2.26. The number of rotatable bonds is 6. The molecule has 2 heterocycles. The summed E-state index contributed by atoms with van der Waals surface area (Å²) >= 11 is 0. The Morgan fingerprint density at radius 2 is 1.79 bits per heavy atom. The van der Waals surface area contributed by atoms with Crippen molar-refractivity contribution in [3.63, 3.8) is 0 Å². The number of nitrogens with zero attached hydrogens (tertiary/aromatic N) is 5. The Labute approximate surface area is 170 Å². The van der Waals surface area contributed by atoms with E-state index in [1.165, 1.54) is 0 Å². The highest BCUT2D eigenvalue weighted by Crippen LogP contribution is 2.26. The number of aromatic nitrogens is 4. The zero-order chi connectivity index (χ0) is 20.3. The lowest BCUT2D eigenvalue weighted by atomic mass is 10.2. The van der Waals surface area contributed by atoms with Crippen LogP contribution in [0.15, 0.2) is 53.4 Å². The van der Waals surface area contributed by atoms with E-state index in [4.69, 9.17) is 0 Å². The number of aryl methyl sites for hydroxylation is 1. The Hall–Kier alpha value is -2.78. The molecule has 0 aliphatic carbocycles. The first-order valence-corrected chi connectivity index (χ1v) is 11.2. The van der Waals surface area contributed by atoms with Crippen LogP contribution in [0.1, 0.15) is 30.7 Å². The number of para-hydroxylation sites is 1. The Balaban J connectivity index is 1.54. The topological polar surface area (TPSA) is 93.0 Å². The molecule has 1 N–H and O–H groups in total. The number of tetrazole rings is 1. The van der Waals surface area contributed by atoms with Crippen molar-refractivity contribution in [3.8, 4) is 5.69 Å². The van der Waals surface area contributed by atoms with Gasteiger partial charge in [0.05, 0.1) is 17.1 Å². The minimum Gasteiger partial charge on any atom is -0.378 e. The fourth-order valence-corrected chi connectivity index (χ4v) is 5.27. The Morgan fingerprint density at radius 1 is 1.03 bits per heavy atom. The van der Waals surface area contributed by atoms with Gasteiger partial charge >= 0.3 is 0 Å². The van der Waals surface area contributed by atoms with Crippen LogP contribution in [0.4, 0.5) is 5.69 Å². The zero-order valence-corrected chi connectivity index (χ0v) is 17.1. The molecule has 9 heteroatoms. The molecule has 1 fully saturated rings. The van der Waals surface area contributed by atoms with Gasteiger partial charge in [-0.3, -0.25) is 0 Å². The molecular formula is C20H24N6O2S. The molecule has 1 saturated heterocycles. The zero-order valence-electron chi connectivity index (χ0n) is 16.3. The van der Waals surface area contributed by atoms with Crippen molar-refractivity contribution in [3.05, 3.63) is 59.9 Å². The van der Waals surface area contributed by atoms with Gasteiger partial charge in [-0.25, -0.2) is 8.42 Å². The van der Waals surface area contributed by atoms with Crippen molar-refractivity contribution in [1.29, 1.82) is 0 Å². The molecule has 0 amide bonds. The number of sulfonamides is 1. The Morgan fingerprint density at radius 3 is 2.55 bits per heavy atom. The number of benzene rings is 2. The highest BCUT2D eigenvalue weighted by atomic mass is 32.2. The average molecular weight is 413 g/mol. The fourth-order valence-electron chi connectivity index (χ4n) is 3.50. The van der Waals surface area contributed by atoms with Crippen molar-refractivity contribution in [2.75, 3.05) is 18.4 Å². The van der Waals surface area contributed by atoms with Crippen LogP contribution in [0.5, 0.6) is 0 Å². The van der Waals surface area contributed by atoms with Gasteiger partial charge in [-0.1, -0.05) is 30.7 Å². The average Bonchev–Trinajstić information content (AvgIpc) is 3.23. The molecule has 29 heavy (non-hydrogen) atoms. The largest absolute Gasteiger partial charge is 0.378 e. The van der Waals surface area contributed by atoms with Crippen LogP contribution in [0.25, 0.3) is 5.69 Å². The monoisotopic (exact) mass is 412 g/mol. The van der Waals surface area contributed by atoms with E-state index >= 15 is 0 Å². The molecule has 0 saturated carbocycles. The number of anilines is 1. The van der Waals surface area contributed by atoms with E-state index in [2.05, 4.69) is 20.8 Å². The standard InChI is InChI=1S/C20H24N6O2S/c1-16-10-11-17(14-19(16)29(27,28)25-12-6-3-7-13-25)21-15-20-22-23-24-26(20)18-8-4-2-5-9-18/h2,4-5,8-11,14,21H,3,6-7,12-13,15H2,1H3. The molecule has 1 aromatic heterocycles. The van der Waals surface area contributed by atoms with Crippen LogP contribution >= 0.6 is 0 Å². The van der Waals surface area contributed by atoms with Crippen LogP contribution in [0, 0.1) is 6.92 Å². The third-order valence-corrected chi connectivity index (χ3v) is 7.15. The summed E-state index contributed by atoms with van der Waals surface area (Å²) in [6.45, 7) is 3.38. The molecule has 0 unspecified atom stereocenters. The van der Waals surface area contributed by atoms with Gasteiger partial charge < -0.3 is 5.32 Å². The summed E-state index contributed by atoms with van der Waals surface area (Å²) in [5.41, 5.74) is 2.33. The molecule has 1 aliphatic rings. The minimum absolute atomic E-state index is 0.354. The Kier molecular flexibility index (Phi) is 5.59. The first kappa shape index (κ1) is 19.5. The summed E-state index contributed by atoms with van der Waals surface area (Å²) in [5, 5.41) is 15.1. The van der Waals surface area contributed by atoms with Crippen LogP contribution in [0.2, 0.25) is 0 Å². The third-order valence-electron chi connectivity index (χ3n) is 5.11. The van der Waals surface area contributed by atoms with Crippen LogP contribution < -0.4 is 5.32 Å². The van der Waals surface area contributed by atoms with E-state index < -0.39 is 10.0 Å². The van der Waals surface area contributed by atoms with Gasteiger partial charge in [-0.15, -0.1) is 5.10 Å². The number of hydrogen-bond acceptors (Lipinski definition) is 6. The second-order valence-electron chi connectivity index (χ2n) is 7.14. The van der Waals surface area contributed by atoms with Gasteiger partial charge in [-0.05, 0) is 60.0 Å². The van der Waals surface area contributed by atoms with E-state index in [9.17, 15) is 8.42 Å². The maximum atomic E-state index is 13.1. The molecule has 3 aromatic rings. The minimum atomic E-state index is -3.49. The molecular weight excluding hydrogens is 388 g/mol. The lowest BCUT2D eigenvalue weighted by molar-refractivity contribution is 0.346. The molecule has 152 valence electrons. The van der Waals surface area contributed by atoms with Crippen molar-refractivity contribution in [1.82, 2.24) is 24.5 Å².